The lowest BCUT2D eigenvalue weighted by molar-refractivity contribution is 0.102. The third-order valence-corrected chi connectivity index (χ3v) is 5.89. The largest absolute Gasteiger partial charge is 0.358 e. The van der Waals surface area contributed by atoms with Crippen LogP contribution < -0.4 is 10.6 Å². The van der Waals surface area contributed by atoms with E-state index in [9.17, 15) is 9.18 Å². The van der Waals surface area contributed by atoms with Crippen molar-refractivity contribution >= 4 is 28.3 Å². The number of carbonyl (C=O) groups excluding carboxylic acids is 1. The molecule has 35 heavy (non-hydrogen) atoms. The summed E-state index contributed by atoms with van der Waals surface area (Å²) in [7, 11) is 0. The lowest BCUT2D eigenvalue weighted by Crippen LogP contribution is -2.16. The van der Waals surface area contributed by atoms with E-state index < -0.39 is 11.7 Å². The van der Waals surface area contributed by atoms with Gasteiger partial charge in [-0.25, -0.2) is 9.37 Å². The fraction of sp³-hybridized carbons (Fsp3) is 0.107. The maximum atomic E-state index is 14.1. The van der Waals surface area contributed by atoms with Crippen LogP contribution in [0.4, 0.5) is 15.9 Å². The predicted octanol–water partition coefficient (Wildman–Crippen LogP) is 6.17. The normalized spacial score (nSPS) is 11.9. The summed E-state index contributed by atoms with van der Waals surface area (Å²) in [6, 6.07) is 21.0. The molecule has 5 aromatic rings. The monoisotopic (exact) mass is 465 g/mol. The molecule has 0 radical (unpaired) electrons. The molecule has 3 heterocycles. The lowest BCUT2D eigenvalue weighted by atomic mass is 9.99. The Kier molecular flexibility index (Phi) is 5.97. The van der Waals surface area contributed by atoms with E-state index in [-0.39, 0.29) is 11.6 Å². The molecular formula is C28H24FN5O. The summed E-state index contributed by atoms with van der Waals surface area (Å²) in [5.41, 5.74) is 5.37. The van der Waals surface area contributed by atoms with Crippen molar-refractivity contribution in [2.24, 2.45) is 0 Å². The van der Waals surface area contributed by atoms with Gasteiger partial charge in [-0.05, 0) is 74.0 Å². The Morgan fingerprint density at radius 2 is 1.77 bits per heavy atom. The number of benzene rings is 2. The third-order valence-electron chi connectivity index (χ3n) is 5.89. The quantitative estimate of drug-likeness (QED) is 0.280. The molecule has 0 fully saturated rings. The number of H-pyrrole nitrogens is 1. The molecule has 0 bridgehead atoms. The molecule has 1 amide bonds. The Labute approximate surface area is 202 Å². The molecule has 0 aliphatic carbocycles. The van der Waals surface area contributed by atoms with Crippen LogP contribution in [0.15, 0.2) is 85.2 Å². The van der Waals surface area contributed by atoms with Gasteiger partial charge in [-0.2, -0.15) is 0 Å². The number of fused-ring (bicyclic) bond motifs is 1. The van der Waals surface area contributed by atoms with Gasteiger partial charge in [-0.3, -0.25) is 9.78 Å². The van der Waals surface area contributed by atoms with Crippen LogP contribution >= 0.6 is 0 Å². The van der Waals surface area contributed by atoms with Crippen LogP contribution in [0, 0.1) is 19.7 Å². The minimum absolute atomic E-state index is 0.00313. The number of rotatable bonds is 6. The summed E-state index contributed by atoms with van der Waals surface area (Å²) in [5.74, 6) is -0.327. The molecule has 3 N–H and O–H groups in total. The van der Waals surface area contributed by atoms with Crippen LogP contribution in [0.3, 0.4) is 0 Å². The molecule has 0 aliphatic heterocycles. The van der Waals surface area contributed by atoms with E-state index in [4.69, 9.17) is 0 Å². The zero-order valence-electron chi connectivity index (χ0n) is 19.3. The third kappa shape index (κ3) is 4.61. The molecule has 0 aliphatic rings. The highest BCUT2D eigenvalue weighted by Gasteiger charge is 2.23. The Bertz CT molecular complexity index is 1510. The van der Waals surface area contributed by atoms with E-state index in [0.717, 1.165) is 39.2 Å². The lowest BCUT2D eigenvalue weighted by Gasteiger charge is -2.20. The first kappa shape index (κ1) is 22.3. The molecule has 1 unspecified atom stereocenters. The van der Waals surface area contributed by atoms with E-state index in [1.807, 2.05) is 56.3 Å². The number of pyridine rings is 2. The van der Waals surface area contributed by atoms with Gasteiger partial charge in [0, 0.05) is 40.2 Å². The number of carbonyl (C=O) groups is 1. The predicted molar refractivity (Wildman–Crippen MR) is 136 cm³/mol. The van der Waals surface area contributed by atoms with Gasteiger partial charge >= 0.3 is 0 Å². The number of amides is 1. The van der Waals surface area contributed by atoms with E-state index in [1.54, 1.807) is 30.6 Å². The van der Waals surface area contributed by atoms with E-state index in [0.29, 0.717) is 5.69 Å². The minimum Gasteiger partial charge on any atom is -0.358 e. The van der Waals surface area contributed by atoms with Gasteiger partial charge in [0.05, 0.1) is 17.3 Å². The van der Waals surface area contributed by atoms with Crippen LogP contribution in [0.2, 0.25) is 0 Å². The van der Waals surface area contributed by atoms with Gasteiger partial charge in [-0.1, -0.05) is 18.2 Å². The molecular weight excluding hydrogens is 441 g/mol. The zero-order chi connectivity index (χ0) is 24.4. The molecule has 3 aromatic heterocycles. The fourth-order valence-electron chi connectivity index (χ4n) is 4.24. The van der Waals surface area contributed by atoms with Gasteiger partial charge in [0.15, 0.2) is 0 Å². The van der Waals surface area contributed by atoms with Gasteiger partial charge in [-0.15, -0.1) is 0 Å². The maximum absolute atomic E-state index is 14.1. The van der Waals surface area contributed by atoms with Crippen molar-refractivity contribution in [1.29, 1.82) is 0 Å². The van der Waals surface area contributed by atoms with Crippen molar-refractivity contribution in [3.8, 4) is 0 Å². The van der Waals surface area contributed by atoms with Crippen molar-refractivity contribution in [3.05, 3.63) is 119 Å². The summed E-state index contributed by atoms with van der Waals surface area (Å²) >= 11 is 0. The second-order valence-electron chi connectivity index (χ2n) is 8.41. The maximum Gasteiger partial charge on any atom is 0.258 e. The summed E-state index contributed by atoms with van der Waals surface area (Å²) in [6.07, 6.45) is 3.53. The molecule has 174 valence electrons. The van der Waals surface area contributed by atoms with Gasteiger partial charge < -0.3 is 15.6 Å². The van der Waals surface area contributed by atoms with Gasteiger partial charge in [0.2, 0.25) is 0 Å². The van der Waals surface area contributed by atoms with Crippen LogP contribution in [0.25, 0.3) is 10.9 Å². The van der Waals surface area contributed by atoms with Crippen LogP contribution in [-0.4, -0.2) is 20.9 Å². The highest BCUT2D eigenvalue weighted by Crippen LogP contribution is 2.35. The smallest absolute Gasteiger partial charge is 0.258 e. The number of hydrogen-bond donors (Lipinski definition) is 3. The van der Waals surface area contributed by atoms with E-state index in [2.05, 4.69) is 25.6 Å². The fourth-order valence-corrected chi connectivity index (χ4v) is 4.24. The molecule has 6 nitrogen and oxygen atoms in total. The van der Waals surface area contributed by atoms with Crippen LogP contribution in [0.5, 0.6) is 0 Å². The van der Waals surface area contributed by atoms with Crippen molar-refractivity contribution in [2.45, 2.75) is 19.9 Å². The van der Waals surface area contributed by atoms with Gasteiger partial charge in [0.25, 0.3) is 5.91 Å². The highest BCUT2D eigenvalue weighted by molar-refractivity contribution is 6.05. The van der Waals surface area contributed by atoms with Crippen molar-refractivity contribution in [3.63, 3.8) is 0 Å². The average Bonchev–Trinajstić information content (AvgIpc) is 3.18. The highest BCUT2D eigenvalue weighted by atomic mass is 19.1. The number of halogens is 1. The minimum atomic E-state index is -0.561. The first-order valence-corrected chi connectivity index (χ1v) is 11.3. The Morgan fingerprint density at radius 3 is 2.54 bits per heavy atom. The number of aromatic amines is 1. The van der Waals surface area contributed by atoms with Crippen molar-refractivity contribution in [2.75, 3.05) is 10.6 Å². The SMILES string of the molecule is Cc1ccnc(NC(c2ccccn2)c2c(C)[nH]c3ccc(NC(=O)c4ccccc4F)cc23)c1. The number of nitrogens with one attached hydrogen (secondary N) is 3. The summed E-state index contributed by atoms with van der Waals surface area (Å²) in [4.78, 5) is 25.2. The Hall–Kier alpha value is -4.52. The number of anilines is 2. The van der Waals surface area contributed by atoms with Gasteiger partial charge in [0.1, 0.15) is 11.6 Å². The number of aromatic nitrogens is 3. The molecule has 0 saturated heterocycles. The number of aryl methyl sites for hydroxylation is 2. The molecule has 0 spiro atoms. The summed E-state index contributed by atoms with van der Waals surface area (Å²) in [6.45, 7) is 4.03. The second kappa shape index (κ2) is 9.38. The second-order valence-corrected chi connectivity index (χ2v) is 8.41. The molecule has 7 heteroatoms. The molecule has 2 aromatic carbocycles. The van der Waals surface area contributed by atoms with Crippen LogP contribution in [-0.2, 0) is 0 Å². The van der Waals surface area contributed by atoms with E-state index >= 15 is 0 Å². The van der Waals surface area contributed by atoms with Crippen LogP contribution in [0.1, 0.15) is 38.9 Å². The number of nitrogens with zero attached hydrogens (tertiary/aromatic N) is 2. The zero-order valence-corrected chi connectivity index (χ0v) is 19.3. The van der Waals surface area contributed by atoms with Crippen molar-refractivity contribution < 1.29 is 9.18 Å². The summed E-state index contributed by atoms with van der Waals surface area (Å²) < 4.78 is 14.1. The molecule has 1 atom stereocenters. The first-order valence-electron chi connectivity index (χ1n) is 11.3. The van der Waals surface area contributed by atoms with E-state index in [1.165, 1.54) is 12.1 Å². The Morgan fingerprint density at radius 1 is 0.943 bits per heavy atom. The average molecular weight is 466 g/mol. The number of hydrogen-bond acceptors (Lipinski definition) is 4. The standard InChI is InChI=1S/C28H24FN5O/c1-17-12-14-31-25(15-17)34-27(24-9-5-6-13-30-24)26-18(2)32-23-11-10-19(16-21(23)26)33-28(35)20-7-3-4-8-22(20)29/h3-16,27,32H,1-2H3,(H,31,34)(H,33,35). The van der Waals surface area contributed by atoms with Crippen molar-refractivity contribution in [1.82, 2.24) is 15.0 Å². The molecule has 0 saturated carbocycles. The first-order chi connectivity index (χ1) is 17.0. The topological polar surface area (TPSA) is 82.7 Å². The molecule has 5 rings (SSSR count). The Balaban J connectivity index is 1.57. The summed E-state index contributed by atoms with van der Waals surface area (Å²) in [5, 5.41) is 7.28.